The van der Waals surface area contributed by atoms with Crippen LogP contribution in [0.2, 0.25) is 0 Å². The van der Waals surface area contributed by atoms with Gasteiger partial charge in [0.05, 0.1) is 16.8 Å². The highest BCUT2D eigenvalue weighted by Gasteiger charge is 2.26. The monoisotopic (exact) mass is 495 g/mol. The summed E-state index contributed by atoms with van der Waals surface area (Å²) in [6.45, 7) is 1.39. The van der Waals surface area contributed by atoms with Gasteiger partial charge < -0.3 is 9.52 Å². The zero-order valence-electron chi connectivity index (χ0n) is 19.6. The number of nitrogens with zero attached hydrogens (tertiary/aromatic N) is 3. The molecule has 0 aliphatic carbocycles. The minimum absolute atomic E-state index is 0.134. The first-order chi connectivity index (χ1) is 17.7. The number of phenols is 1. The minimum Gasteiger partial charge on any atom is -0.507 e. The second kappa shape index (κ2) is 9.68. The summed E-state index contributed by atoms with van der Waals surface area (Å²) < 4.78 is 5.87. The van der Waals surface area contributed by atoms with E-state index in [2.05, 4.69) is 16.0 Å². The molecule has 6 rings (SSSR count). The molecular formula is C29H25N3O3S. The Labute approximate surface area is 212 Å². The first-order valence-electron chi connectivity index (χ1n) is 12.1. The molecule has 1 saturated heterocycles. The predicted molar refractivity (Wildman–Crippen MR) is 142 cm³/mol. The highest BCUT2D eigenvalue weighted by Crippen LogP contribution is 2.36. The summed E-state index contributed by atoms with van der Waals surface area (Å²) in [7, 11) is 0. The molecule has 4 heterocycles. The standard InChI is InChI=1S/C29H25N3O3S/c33-26-12-11-20-15-22(28-31-24(18-36-28)19-7-2-1-3-8-19)29(34)35-27(20)23(26)17-32-14-5-4-10-25(32)21-9-6-13-30-16-21/h1-3,6-9,11-13,15-16,18,25,33H,4-5,10,14,17H2/t25-/m0/s1. The van der Waals surface area contributed by atoms with Crippen LogP contribution >= 0.6 is 11.3 Å². The second-order valence-electron chi connectivity index (χ2n) is 9.10. The molecule has 0 saturated carbocycles. The lowest BCUT2D eigenvalue weighted by atomic mass is 9.95. The maximum Gasteiger partial charge on any atom is 0.346 e. The molecular weight excluding hydrogens is 470 g/mol. The van der Waals surface area contributed by atoms with Crippen LogP contribution in [0.3, 0.4) is 0 Å². The highest BCUT2D eigenvalue weighted by atomic mass is 32.1. The number of piperidine rings is 1. The van der Waals surface area contributed by atoms with E-state index in [-0.39, 0.29) is 11.8 Å². The number of benzene rings is 2. The molecule has 1 atom stereocenters. The lowest BCUT2D eigenvalue weighted by Gasteiger charge is -2.36. The van der Waals surface area contributed by atoms with E-state index in [1.54, 1.807) is 18.3 Å². The van der Waals surface area contributed by atoms with Gasteiger partial charge in [-0.15, -0.1) is 11.3 Å². The Bertz CT molecular complexity index is 1560. The summed E-state index contributed by atoms with van der Waals surface area (Å²) >= 11 is 1.42. The van der Waals surface area contributed by atoms with E-state index >= 15 is 0 Å². The largest absolute Gasteiger partial charge is 0.507 e. The van der Waals surface area contributed by atoms with Gasteiger partial charge in [-0.25, -0.2) is 9.78 Å². The van der Waals surface area contributed by atoms with E-state index in [1.807, 2.05) is 54.0 Å². The lowest BCUT2D eigenvalue weighted by Crippen LogP contribution is -2.33. The Morgan fingerprint density at radius 1 is 1.08 bits per heavy atom. The molecule has 1 N–H and O–H groups in total. The van der Waals surface area contributed by atoms with Crippen LogP contribution in [0, 0.1) is 0 Å². The number of fused-ring (bicyclic) bond motifs is 1. The van der Waals surface area contributed by atoms with Gasteiger partial charge in [0.1, 0.15) is 16.3 Å². The highest BCUT2D eigenvalue weighted by molar-refractivity contribution is 7.13. The molecule has 6 nitrogen and oxygen atoms in total. The number of aromatic hydroxyl groups is 1. The number of hydrogen-bond donors (Lipinski definition) is 1. The number of rotatable bonds is 5. The molecule has 180 valence electrons. The van der Waals surface area contributed by atoms with Crippen molar-refractivity contribution in [2.75, 3.05) is 6.54 Å². The van der Waals surface area contributed by atoms with Gasteiger partial charge in [-0.2, -0.15) is 0 Å². The van der Waals surface area contributed by atoms with Crippen molar-refractivity contribution in [3.63, 3.8) is 0 Å². The summed E-state index contributed by atoms with van der Waals surface area (Å²) in [6, 6.07) is 19.5. The van der Waals surface area contributed by atoms with Crippen molar-refractivity contribution >= 4 is 22.3 Å². The van der Waals surface area contributed by atoms with Crippen LogP contribution in [-0.4, -0.2) is 26.5 Å². The summed E-state index contributed by atoms with van der Waals surface area (Å²) in [5.74, 6) is 0.134. The second-order valence-corrected chi connectivity index (χ2v) is 9.96. The number of aromatic nitrogens is 2. The van der Waals surface area contributed by atoms with Gasteiger partial charge in [-0.1, -0.05) is 42.8 Å². The van der Waals surface area contributed by atoms with Crippen molar-refractivity contribution in [3.8, 4) is 27.6 Å². The Balaban J connectivity index is 1.36. The number of likely N-dealkylation sites (tertiary alicyclic amines) is 1. The number of phenolic OH excluding ortho intramolecular Hbond substituents is 1. The van der Waals surface area contributed by atoms with Crippen molar-refractivity contribution in [3.05, 3.63) is 100.0 Å². The smallest absolute Gasteiger partial charge is 0.346 e. The van der Waals surface area contributed by atoms with E-state index in [9.17, 15) is 9.90 Å². The van der Waals surface area contributed by atoms with Crippen molar-refractivity contribution < 1.29 is 9.52 Å². The summed E-state index contributed by atoms with van der Waals surface area (Å²) in [6.07, 6.45) is 6.96. The average Bonchev–Trinajstić information content (AvgIpc) is 3.42. The quantitative estimate of drug-likeness (QED) is 0.284. The van der Waals surface area contributed by atoms with E-state index in [1.165, 1.54) is 16.9 Å². The van der Waals surface area contributed by atoms with Gasteiger partial charge >= 0.3 is 5.63 Å². The molecule has 7 heteroatoms. The minimum atomic E-state index is -0.453. The van der Waals surface area contributed by atoms with E-state index in [4.69, 9.17) is 9.40 Å². The fourth-order valence-electron chi connectivity index (χ4n) is 5.01. The molecule has 1 aliphatic heterocycles. The zero-order valence-corrected chi connectivity index (χ0v) is 20.4. The normalized spacial score (nSPS) is 16.4. The third-order valence-corrected chi connectivity index (χ3v) is 7.70. The molecule has 2 aromatic carbocycles. The third kappa shape index (κ3) is 4.32. The van der Waals surface area contributed by atoms with Gasteiger partial charge in [0.2, 0.25) is 0 Å². The molecule has 5 aromatic rings. The molecule has 0 bridgehead atoms. The lowest BCUT2D eigenvalue weighted by molar-refractivity contribution is 0.139. The first kappa shape index (κ1) is 22.6. The molecule has 0 amide bonds. The summed E-state index contributed by atoms with van der Waals surface area (Å²) in [4.78, 5) is 24.5. The molecule has 36 heavy (non-hydrogen) atoms. The molecule has 0 unspecified atom stereocenters. The summed E-state index contributed by atoms with van der Waals surface area (Å²) in [5.41, 5.74) is 4.03. The fraction of sp³-hybridized carbons (Fsp3) is 0.207. The van der Waals surface area contributed by atoms with Crippen LogP contribution in [0.1, 0.15) is 36.4 Å². The summed E-state index contributed by atoms with van der Waals surface area (Å²) in [5, 5.41) is 14.1. The Hall–Kier alpha value is -3.81. The average molecular weight is 496 g/mol. The van der Waals surface area contributed by atoms with E-state index in [0.29, 0.717) is 28.3 Å². The molecule has 1 fully saturated rings. The van der Waals surface area contributed by atoms with E-state index in [0.717, 1.165) is 42.5 Å². The van der Waals surface area contributed by atoms with Crippen LogP contribution in [0.15, 0.2) is 87.6 Å². The van der Waals surface area contributed by atoms with E-state index < -0.39 is 5.63 Å². The van der Waals surface area contributed by atoms with Crippen LogP contribution in [0.25, 0.3) is 32.8 Å². The Kier molecular flexibility index (Phi) is 6.09. The van der Waals surface area contributed by atoms with Gasteiger partial charge in [0, 0.05) is 41.3 Å². The first-order valence-corrected chi connectivity index (χ1v) is 13.0. The number of thiazole rings is 1. The number of pyridine rings is 1. The van der Waals surface area contributed by atoms with Crippen molar-refractivity contribution in [2.24, 2.45) is 0 Å². The van der Waals surface area contributed by atoms with Crippen LogP contribution in [0.4, 0.5) is 0 Å². The van der Waals surface area contributed by atoms with Crippen LogP contribution in [0.5, 0.6) is 5.75 Å². The molecule has 1 aliphatic rings. The topological polar surface area (TPSA) is 79.5 Å². The predicted octanol–water partition coefficient (Wildman–Crippen LogP) is 6.41. The van der Waals surface area contributed by atoms with Gasteiger partial charge in [-0.3, -0.25) is 9.88 Å². The van der Waals surface area contributed by atoms with Crippen molar-refractivity contribution in [1.29, 1.82) is 0 Å². The van der Waals surface area contributed by atoms with Gasteiger partial charge in [0.25, 0.3) is 0 Å². The third-order valence-electron chi connectivity index (χ3n) is 6.83. The van der Waals surface area contributed by atoms with Crippen LogP contribution < -0.4 is 5.63 Å². The van der Waals surface area contributed by atoms with Gasteiger partial charge in [-0.05, 0) is 49.2 Å². The molecule has 0 spiro atoms. The maximum absolute atomic E-state index is 13.1. The Morgan fingerprint density at radius 3 is 2.81 bits per heavy atom. The van der Waals surface area contributed by atoms with Crippen molar-refractivity contribution in [1.82, 2.24) is 14.9 Å². The number of hydrogen-bond acceptors (Lipinski definition) is 7. The van der Waals surface area contributed by atoms with Crippen molar-refractivity contribution in [2.45, 2.75) is 31.8 Å². The molecule has 3 aromatic heterocycles. The van der Waals surface area contributed by atoms with Gasteiger partial charge in [0.15, 0.2) is 0 Å². The fourth-order valence-corrected chi connectivity index (χ4v) is 5.84. The molecule has 0 radical (unpaired) electrons. The SMILES string of the molecule is O=c1oc2c(CN3CCCC[C@H]3c3cccnc3)c(O)ccc2cc1-c1nc(-c2ccccc2)cs1. The Morgan fingerprint density at radius 2 is 1.97 bits per heavy atom. The zero-order chi connectivity index (χ0) is 24.5. The van der Waals surface area contributed by atoms with Crippen LogP contribution in [-0.2, 0) is 6.54 Å². The maximum atomic E-state index is 13.1.